The van der Waals surface area contributed by atoms with E-state index < -0.39 is 0 Å². The Morgan fingerprint density at radius 2 is 2.10 bits per heavy atom. The molecule has 0 aromatic heterocycles. The van der Waals surface area contributed by atoms with E-state index in [1.807, 2.05) is 20.9 Å². The zero-order valence-corrected chi connectivity index (χ0v) is 8.01. The first kappa shape index (κ1) is 9.91. The second-order valence-corrected chi connectivity index (χ2v) is 3.29. The van der Waals surface area contributed by atoms with Gasteiger partial charge in [0.25, 0.3) is 0 Å². The van der Waals surface area contributed by atoms with Crippen LogP contribution in [0.3, 0.4) is 0 Å². The van der Waals surface area contributed by atoms with Crippen molar-refractivity contribution in [1.29, 1.82) is 0 Å². The van der Waals surface area contributed by atoms with E-state index in [2.05, 4.69) is 0 Å². The first-order valence-electron chi connectivity index (χ1n) is 3.16. The van der Waals surface area contributed by atoms with Crippen molar-refractivity contribution in [3.63, 3.8) is 0 Å². The summed E-state index contributed by atoms with van der Waals surface area (Å²) in [4.78, 5) is 12.3. The van der Waals surface area contributed by atoms with Gasteiger partial charge >= 0.3 is 0 Å². The molecule has 0 bridgehead atoms. The number of likely N-dealkylation sites (N-methyl/N-ethyl adjacent to an activating group) is 1. The second-order valence-electron chi connectivity index (χ2n) is 1.60. The summed E-state index contributed by atoms with van der Waals surface area (Å²) in [5.41, 5.74) is 0. The van der Waals surface area contributed by atoms with Crippen LogP contribution in [-0.4, -0.2) is 27.9 Å². The average molecular weight is 177 g/mol. The molecule has 0 radical (unpaired) electrons. The van der Waals surface area contributed by atoms with Gasteiger partial charge in [-0.05, 0) is 11.8 Å². The lowest BCUT2D eigenvalue weighted by Gasteiger charge is -2.03. The summed E-state index contributed by atoms with van der Waals surface area (Å²) in [6, 6.07) is 0. The van der Waals surface area contributed by atoms with Crippen LogP contribution in [-0.2, 0) is 4.79 Å². The quantitative estimate of drug-likeness (QED) is 0.522. The third-order valence-corrected chi connectivity index (χ3v) is 2.28. The number of hydrogen-bond donors (Lipinski definition) is 0. The van der Waals surface area contributed by atoms with Crippen LogP contribution in [0.4, 0.5) is 0 Å². The Morgan fingerprint density at radius 3 is 2.20 bits per heavy atom. The summed E-state index contributed by atoms with van der Waals surface area (Å²) in [5.74, 6) is 0. The summed E-state index contributed by atoms with van der Waals surface area (Å²) in [6.07, 6.45) is 0. The minimum absolute atomic E-state index is 0.150. The zero-order chi connectivity index (χ0) is 8.15. The van der Waals surface area contributed by atoms with Crippen molar-refractivity contribution in [2.75, 3.05) is 13.6 Å². The molecule has 1 heterocycles. The van der Waals surface area contributed by atoms with E-state index in [-0.39, 0.29) is 5.12 Å². The highest BCUT2D eigenvalue weighted by atomic mass is 32.2. The van der Waals surface area contributed by atoms with Crippen molar-refractivity contribution in [3.8, 4) is 0 Å². The smallest absolute Gasteiger partial charge is 0.215 e. The van der Waals surface area contributed by atoms with E-state index in [0.717, 1.165) is 11.8 Å². The predicted molar refractivity (Wildman–Crippen MR) is 49.2 cm³/mol. The number of nitrogens with zero attached hydrogens (tertiary/aromatic N) is 1. The Bertz CT molecular complexity index is 147. The van der Waals surface area contributed by atoms with Crippen LogP contribution in [0.5, 0.6) is 0 Å². The molecule has 1 aliphatic rings. The van der Waals surface area contributed by atoms with Gasteiger partial charge in [0, 0.05) is 7.05 Å². The molecule has 0 atom stereocenters. The molecule has 1 fully saturated rings. The fourth-order valence-corrected chi connectivity index (χ4v) is 1.48. The fourth-order valence-electron chi connectivity index (χ4n) is 0.466. The van der Waals surface area contributed by atoms with E-state index in [1.54, 1.807) is 4.90 Å². The molecule has 0 N–H and O–H groups in total. The SMILES string of the molecule is CC.CN1CC(=O)SC1=S. The van der Waals surface area contributed by atoms with Gasteiger partial charge in [-0.2, -0.15) is 0 Å². The van der Waals surface area contributed by atoms with Gasteiger partial charge in [-0.1, -0.05) is 26.1 Å². The molecule has 1 aliphatic heterocycles. The van der Waals surface area contributed by atoms with E-state index >= 15 is 0 Å². The van der Waals surface area contributed by atoms with E-state index in [4.69, 9.17) is 12.2 Å². The maximum atomic E-state index is 10.5. The average Bonchev–Trinajstić information content (AvgIpc) is 2.16. The maximum absolute atomic E-state index is 10.5. The molecule has 10 heavy (non-hydrogen) atoms. The van der Waals surface area contributed by atoms with Gasteiger partial charge in [0.2, 0.25) is 5.12 Å². The normalized spacial score (nSPS) is 16.9. The fraction of sp³-hybridized carbons (Fsp3) is 0.667. The lowest BCUT2D eigenvalue weighted by Crippen LogP contribution is -2.16. The van der Waals surface area contributed by atoms with Crippen molar-refractivity contribution < 1.29 is 4.79 Å². The number of carbonyl (C=O) groups excluding carboxylic acids is 1. The molecule has 0 saturated carbocycles. The monoisotopic (exact) mass is 177 g/mol. The van der Waals surface area contributed by atoms with Crippen LogP contribution in [0.25, 0.3) is 0 Å². The Kier molecular flexibility index (Phi) is 4.64. The second kappa shape index (κ2) is 4.68. The van der Waals surface area contributed by atoms with Crippen LogP contribution in [0.15, 0.2) is 0 Å². The Morgan fingerprint density at radius 1 is 1.60 bits per heavy atom. The third-order valence-electron chi connectivity index (χ3n) is 0.879. The number of thiocarbonyl (C=S) groups is 1. The Hall–Kier alpha value is -0.0900. The summed E-state index contributed by atoms with van der Waals surface area (Å²) in [6.45, 7) is 4.48. The lowest BCUT2D eigenvalue weighted by atomic mass is 10.7. The highest BCUT2D eigenvalue weighted by molar-refractivity contribution is 8.33. The zero-order valence-electron chi connectivity index (χ0n) is 6.38. The van der Waals surface area contributed by atoms with Gasteiger partial charge in [-0.25, -0.2) is 0 Å². The molecule has 0 spiro atoms. The highest BCUT2D eigenvalue weighted by Gasteiger charge is 2.20. The molecule has 0 unspecified atom stereocenters. The van der Waals surface area contributed by atoms with Gasteiger partial charge in [-0.3, -0.25) is 4.79 Å². The van der Waals surface area contributed by atoms with Crippen molar-refractivity contribution >= 4 is 33.4 Å². The maximum Gasteiger partial charge on any atom is 0.215 e. The van der Waals surface area contributed by atoms with Gasteiger partial charge in [-0.15, -0.1) is 0 Å². The Balaban J connectivity index is 0.000000371. The lowest BCUT2D eigenvalue weighted by molar-refractivity contribution is -0.110. The first-order valence-corrected chi connectivity index (χ1v) is 4.38. The number of hydrogen-bond acceptors (Lipinski definition) is 3. The molecule has 0 aromatic carbocycles. The van der Waals surface area contributed by atoms with Crippen LogP contribution < -0.4 is 0 Å². The third kappa shape index (κ3) is 2.66. The minimum Gasteiger partial charge on any atom is -0.352 e. The van der Waals surface area contributed by atoms with Gasteiger partial charge < -0.3 is 4.90 Å². The molecule has 0 aliphatic carbocycles. The number of rotatable bonds is 0. The van der Waals surface area contributed by atoms with E-state index in [1.165, 1.54) is 0 Å². The molecule has 58 valence electrons. The van der Waals surface area contributed by atoms with Crippen LogP contribution in [0.1, 0.15) is 13.8 Å². The molecule has 4 heteroatoms. The van der Waals surface area contributed by atoms with E-state index in [9.17, 15) is 4.79 Å². The summed E-state index contributed by atoms with van der Waals surface area (Å²) >= 11 is 5.93. The van der Waals surface area contributed by atoms with Crippen LogP contribution in [0, 0.1) is 0 Å². The number of carbonyl (C=O) groups is 1. The standard InChI is InChI=1S/C4H5NOS2.C2H6/c1-5-2-3(6)8-4(5)7;1-2/h2H2,1H3;1-2H3. The number of thioether (sulfide) groups is 1. The molecule has 1 saturated heterocycles. The van der Waals surface area contributed by atoms with Gasteiger partial charge in [0.15, 0.2) is 0 Å². The largest absolute Gasteiger partial charge is 0.352 e. The molecule has 1 rings (SSSR count). The minimum atomic E-state index is 0.150. The predicted octanol–water partition coefficient (Wildman–Crippen LogP) is 1.50. The summed E-state index contributed by atoms with van der Waals surface area (Å²) < 4.78 is 0.690. The summed E-state index contributed by atoms with van der Waals surface area (Å²) in [7, 11) is 1.82. The highest BCUT2D eigenvalue weighted by Crippen LogP contribution is 2.16. The topological polar surface area (TPSA) is 20.3 Å². The van der Waals surface area contributed by atoms with Crippen LogP contribution >= 0.6 is 24.0 Å². The molecule has 0 amide bonds. The summed E-state index contributed by atoms with van der Waals surface area (Å²) in [5, 5.41) is 0.150. The van der Waals surface area contributed by atoms with Crippen molar-refractivity contribution in [1.82, 2.24) is 4.90 Å². The van der Waals surface area contributed by atoms with E-state index in [0.29, 0.717) is 10.9 Å². The van der Waals surface area contributed by atoms with Crippen molar-refractivity contribution in [2.45, 2.75) is 13.8 Å². The molecular weight excluding hydrogens is 166 g/mol. The van der Waals surface area contributed by atoms with Gasteiger partial charge in [0.1, 0.15) is 4.32 Å². The Labute approximate surface area is 71.0 Å². The van der Waals surface area contributed by atoms with Gasteiger partial charge in [0.05, 0.1) is 6.54 Å². The molecule has 2 nitrogen and oxygen atoms in total. The van der Waals surface area contributed by atoms with Crippen molar-refractivity contribution in [2.24, 2.45) is 0 Å². The molecular formula is C6H11NOS2. The van der Waals surface area contributed by atoms with Crippen LogP contribution in [0.2, 0.25) is 0 Å². The molecule has 0 aromatic rings. The van der Waals surface area contributed by atoms with Crippen molar-refractivity contribution in [3.05, 3.63) is 0 Å². The first-order chi connectivity index (χ1) is 4.70.